The molecule has 0 amide bonds. The molecular weight excluding hydrogens is 240 g/mol. The van der Waals surface area contributed by atoms with E-state index in [1.807, 2.05) is 12.1 Å². The second kappa shape index (κ2) is 5.01. The molecule has 0 N–H and O–H groups in total. The summed E-state index contributed by atoms with van der Waals surface area (Å²) in [6.45, 7) is 0. The Morgan fingerprint density at radius 1 is 1.00 bits per heavy atom. The van der Waals surface area contributed by atoms with Gasteiger partial charge in [0.1, 0.15) is 5.75 Å². The van der Waals surface area contributed by atoms with E-state index in [0.29, 0.717) is 22.3 Å². The molecule has 0 unspecified atom stereocenters. The maximum absolute atomic E-state index is 5.98. The smallest absolute Gasteiger partial charge is 0.233 e. The highest BCUT2D eigenvalue weighted by Crippen LogP contribution is 2.27. The summed E-state index contributed by atoms with van der Waals surface area (Å²) in [5.41, 5.74) is 1.57. The zero-order chi connectivity index (χ0) is 12.3. The standard InChI is InChI=1S/C12H11ClN2O2/c1-16-10-6-8(5-9(13)7-10)11-3-4-12(17-2)15-14-11/h3-7H,1-2H3. The van der Waals surface area contributed by atoms with E-state index in [2.05, 4.69) is 10.2 Å². The Bertz CT molecular complexity index is 514. The summed E-state index contributed by atoms with van der Waals surface area (Å²) in [5.74, 6) is 1.16. The predicted molar refractivity (Wildman–Crippen MR) is 65.6 cm³/mol. The van der Waals surface area contributed by atoms with Crippen molar-refractivity contribution >= 4 is 11.6 Å². The normalized spacial score (nSPS) is 10.1. The topological polar surface area (TPSA) is 44.2 Å². The van der Waals surface area contributed by atoms with E-state index in [4.69, 9.17) is 21.1 Å². The molecule has 0 bridgehead atoms. The number of ether oxygens (including phenoxy) is 2. The molecule has 2 aromatic rings. The monoisotopic (exact) mass is 250 g/mol. The van der Waals surface area contributed by atoms with E-state index < -0.39 is 0 Å². The van der Waals surface area contributed by atoms with Crippen LogP contribution in [0.15, 0.2) is 30.3 Å². The van der Waals surface area contributed by atoms with Crippen LogP contribution in [0.2, 0.25) is 5.02 Å². The lowest BCUT2D eigenvalue weighted by atomic mass is 10.1. The Balaban J connectivity index is 2.41. The highest BCUT2D eigenvalue weighted by Gasteiger charge is 2.05. The minimum atomic E-state index is 0.475. The molecule has 88 valence electrons. The van der Waals surface area contributed by atoms with Gasteiger partial charge < -0.3 is 9.47 Å². The summed E-state index contributed by atoms with van der Waals surface area (Å²) in [4.78, 5) is 0. The molecule has 0 saturated carbocycles. The van der Waals surface area contributed by atoms with Crippen LogP contribution in [0.4, 0.5) is 0 Å². The zero-order valence-electron chi connectivity index (χ0n) is 9.48. The highest BCUT2D eigenvalue weighted by atomic mass is 35.5. The summed E-state index contributed by atoms with van der Waals surface area (Å²) < 4.78 is 10.1. The van der Waals surface area contributed by atoms with Crippen LogP contribution in [0.5, 0.6) is 11.6 Å². The fraction of sp³-hybridized carbons (Fsp3) is 0.167. The summed E-state index contributed by atoms with van der Waals surface area (Å²) in [6.07, 6.45) is 0. The van der Waals surface area contributed by atoms with E-state index in [-0.39, 0.29) is 0 Å². The van der Waals surface area contributed by atoms with Crippen molar-refractivity contribution in [2.24, 2.45) is 0 Å². The summed E-state index contributed by atoms with van der Waals surface area (Å²) in [7, 11) is 3.14. The van der Waals surface area contributed by atoms with Gasteiger partial charge in [0.05, 0.1) is 19.9 Å². The Morgan fingerprint density at radius 2 is 1.82 bits per heavy atom. The Hall–Kier alpha value is -1.81. The predicted octanol–water partition coefficient (Wildman–Crippen LogP) is 2.81. The van der Waals surface area contributed by atoms with Gasteiger partial charge in [-0.25, -0.2) is 0 Å². The molecule has 0 atom stereocenters. The van der Waals surface area contributed by atoms with Crippen molar-refractivity contribution in [3.63, 3.8) is 0 Å². The summed E-state index contributed by atoms with van der Waals surface area (Å²) in [5, 5.41) is 8.54. The van der Waals surface area contributed by atoms with Gasteiger partial charge in [0.15, 0.2) is 0 Å². The Morgan fingerprint density at radius 3 is 2.41 bits per heavy atom. The maximum Gasteiger partial charge on any atom is 0.233 e. The second-order valence-electron chi connectivity index (χ2n) is 3.34. The van der Waals surface area contributed by atoms with Crippen molar-refractivity contribution in [2.75, 3.05) is 14.2 Å². The molecular formula is C12H11ClN2O2. The number of aromatic nitrogens is 2. The molecule has 1 aromatic carbocycles. The third-order valence-electron chi connectivity index (χ3n) is 2.25. The molecule has 0 radical (unpaired) electrons. The first-order valence-electron chi connectivity index (χ1n) is 4.95. The molecule has 2 rings (SSSR count). The molecule has 0 aliphatic carbocycles. The lowest BCUT2D eigenvalue weighted by molar-refractivity contribution is 0.392. The van der Waals surface area contributed by atoms with Gasteiger partial charge in [-0.3, -0.25) is 0 Å². The van der Waals surface area contributed by atoms with Crippen LogP contribution in [0.1, 0.15) is 0 Å². The van der Waals surface area contributed by atoms with Crippen LogP contribution >= 0.6 is 11.6 Å². The summed E-state index contributed by atoms with van der Waals surface area (Å²) >= 11 is 5.98. The van der Waals surface area contributed by atoms with Crippen LogP contribution < -0.4 is 9.47 Å². The fourth-order valence-electron chi connectivity index (χ4n) is 1.41. The number of nitrogens with zero attached hydrogens (tertiary/aromatic N) is 2. The first kappa shape index (κ1) is 11.7. The van der Waals surface area contributed by atoms with Crippen LogP contribution in [0, 0.1) is 0 Å². The average Bonchev–Trinajstić information content (AvgIpc) is 2.38. The Kier molecular flexibility index (Phi) is 3.44. The Labute approximate surface area is 104 Å². The largest absolute Gasteiger partial charge is 0.497 e. The van der Waals surface area contributed by atoms with E-state index in [9.17, 15) is 0 Å². The average molecular weight is 251 g/mol. The number of halogens is 1. The summed E-state index contributed by atoms with van der Waals surface area (Å²) in [6, 6.07) is 8.96. The zero-order valence-corrected chi connectivity index (χ0v) is 10.2. The van der Waals surface area contributed by atoms with Gasteiger partial charge in [0.25, 0.3) is 0 Å². The van der Waals surface area contributed by atoms with Gasteiger partial charge in [0.2, 0.25) is 5.88 Å². The molecule has 0 spiro atoms. The molecule has 1 aromatic heterocycles. The van der Waals surface area contributed by atoms with Gasteiger partial charge in [-0.05, 0) is 24.3 Å². The van der Waals surface area contributed by atoms with Crippen LogP contribution in [-0.2, 0) is 0 Å². The number of methoxy groups -OCH3 is 2. The quantitative estimate of drug-likeness (QED) is 0.840. The lowest BCUT2D eigenvalue weighted by Crippen LogP contribution is -1.92. The van der Waals surface area contributed by atoms with Crippen LogP contribution in [0.25, 0.3) is 11.3 Å². The molecule has 0 aliphatic heterocycles. The van der Waals surface area contributed by atoms with Gasteiger partial charge in [-0.1, -0.05) is 11.6 Å². The molecule has 0 fully saturated rings. The number of hydrogen-bond donors (Lipinski definition) is 0. The molecule has 4 nitrogen and oxygen atoms in total. The van der Waals surface area contributed by atoms with Gasteiger partial charge in [0, 0.05) is 16.7 Å². The van der Waals surface area contributed by atoms with Crippen molar-refractivity contribution in [3.05, 3.63) is 35.4 Å². The van der Waals surface area contributed by atoms with Gasteiger partial charge >= 0.3 is 0 Å². The van der Waals surface area contributed by atoms with E-state index in [0.717, 1.165) is 5.56 Å². The molecule has 17 heavy (non-hydrogen) atoms. The van der Waals surface area contributed by atoms with E-state index in [1.165, 1.54) is 0 Å². The SMILES string of the molecule is COc1cc(Cl)cc(-c2ccc(OC)nn2)c1. The lowest BCUT2D eigenvalue weighted by Gasteiger charge is -2.05. The first-order valence-corrected chi connectivity index (χ1v) is 5.33. The minimum Gasteiger partial charge on any atom is -0.497 e. The fourth-order valence-corrected chi connectivity index (χ4v) is 1.64. The number of rotatable bonds is 3. The first-order chi connectivity index (χ1) is 8.22. The van der Waals surface area contributed by atoms with Crippen LogP contribution in [-0.4, -0.2) is 24.4 Å². The maximum atomic E-state index is 5.98. The van der Waals surface area contributed by atoms with Crippen molar-refractivity contribution in [1.29, 1.82) is 0 Å². The van der Waals surface area contributed by atoms with E-state index >= 15 is 0 Å². The van der Waals surface area contributed by atoms with Crippen molar-refractivity contribution in [1.82, 2.24) is 10.2 Å². The van der Waals surface area contributed by atoms with Crippen molar-refractivity contribution < 1.29 is 9.47 Å². The van der Waals surface area contributed by atoms with E-state index in [1.54, 1.807) is 32.4 Å². The third kappa shape index (κ3) is 2.65. The third-order valence-corrected chi connectivity index (χ3v) is 2.47. The van der Waals surface area contributed by atoms with Gasteiger partial charge in [-0.15, -0.1) is 10.2 Å². The molecule has 0 aliphatic rings. The van der Waals surface area contributed by atoms with Crippen molar-refractivity contribution in [2.45, 2.75) is 0 Å². The van der Waals surface area contributed by atoms with Gasteiger partial charge in [-0.2, -0.15) is 0 Å². The number of hydrogen-bond acceptors (Lipinski definition) is 4. The van der Waals surface area contributed by atoms with Crippen LogP contribution in [0.3, 0.4) is 0 Å². The molecule has 5 heteroatoms. The minimum absolute atomic E-state index is 0.475. The molecule has 0 saturated heterocycles. The van der Waals surface area contributed by atoms with Crippen molar-refractivity contribution in [3.8, 4) is 22.9 Å². The molecule has 1 heterocycles. The second-order valence-corrected chi connectivity index (χ2v) is 3.78. The number of benzene rings is 1. The highest BCUT2D eigenvalue weighted by molar-refractivity contribution is 6.31.